The van der Waals surface area contributed by atoms with Gasteiger partial charge in [0, 0.05) is 12.7 Å². The average molecular weight is 394 g/mol. The van der Waals surface area contributed by atoms with E-state index in [0.29, 0.717) is 23.4 Å². The number of amides is 2. The molecule has 2 aromatic rings. The van der Waals surface area contributed by atoms with Crippen molar-refractivity contribution < 1.29 is 19.1 Å². The molecule has 0 radical (unpaired) electrons. The molecule has 6 heteroatoms. The van der Waals surface area contributed by atoms with Gasteiger partial charge in [-0.3, -0.25) is 14.5 Å². The third-order valence-electron chi connectivity index (χ3n) is 4.40. The molecule has 1 N–H and O–H groups in total. The molecule has 0 aliphatic carbocycles. The monoisotopic (exact) mass is 394 g/mol. The summed E-state index contributed by atoms with van der Waals surface area (Å²) < 4.78 is 11.2. The highest BCUT2D eigenvalue weighted by atomic mass is 16.5. The van der Waals surface area contributed by atoms with Crippen molar-refractivity contribution in [1.82, 2.24) is 4.90 Å². The lowest BCUT2D eigenvalue weighted by Crippen LogP contribution is -2.27. The molecule has 6 nitrogen and oxygen atoms in total. The van der Waals surface area contributed by atoms with Crippen LogP contribution in [0, 0.1) is 0 Å². The molecule has 2 amide bonds. The third-order valence-corrected chi connectivity index (χ3v) is 4.40. The van der Waals surface area contributed by atoms with E-state index in [-0.39, 0.29) is 23.6 Å². The minimum Gasteiger partial charge on any atom is -0.494 e. The van der Waals surface area contributed by atoms with Gasteiger partial charge in [-0.25, -0.2) is 0 Å². The summed E-state index contributed by atoms with van der Waals surface area (Å²) in [4.78, 5) is 26.5. The Labute approximate surface area is 171 Å². The van der Waals surface area contributed by atoms with Gasteiger partial charge >= 0.3 is 0 Å². The maximum atomic E-state index is 12.7. The predicted molar refractivity (Wildman–Crippen MR) is 113 cm³/mol. The van der Waals surface area contributed by atoms with Crippen molar-refractivity contribution in [2.24, 2.45) is 0 Å². The first-order chi connectivity index (χ1) is 13.9. The summed E-state index contributed by atoms with van der Waals surface area (Å²) in [6, 6.07) is 14.5. The molecule has 152 valence electrons. The lowest BCUT2D eigenvalue weighted by Gasteiger charge is -2.12. The number of anilines is 1. The molecule has 0 unspecified atom stereocenters. The molecule has 0 fully saturated rings. The minimum atomic E-state index is -0.362. The fourth-order valence-electron chi connectivity index (χ4n) is 3.00. The molecule has 0 saturated carbocycles. The first kappa shape index (κ1) is 20.5. The summed E-state index contributed by atoms with van der Waals surface area (Å²) in [5.41, 5.74) is 1.98. The highest BCUT2D eigenvalue weighted by Gasteiger charge is 2.36. The number of ether oxygens (including phenoxy) is 2. The molecule has 0 bridgehead atoms. The van der Waals surface area contributed by atoms with Crippen molar-refractivity contribution >= 4 is 23.1 Å². The fraction of sp³-hybridized carbons (Fsp3) is 0.304. The van der Waals surface area contributed by atoms with E-state index in [1.165, 1.54) is 7.05 Å². The Hall–Kier alpha value is -3.28. The van der Waals surface area contributed by atoms with Gasteiger partial charge in [0.15, 0.2) is 0 Å². The molecular weight excluding hydrogens is 368 g/mol. The quantitative estimate of drug-likeness (QED) is 0.683. The van der Waals surface area contributed by atoms with Crippen LogP contribution < -0.4 is 14.8 Å². The number of rotatable bonds is 8. The molecule has 1 aliphatic rings. The van der Waals surface area contributed by atoms with E-state index < -0.39 is 0 Å². The number of carbonyl (C=O) groups is 2. The molecular formula is C23H26N2O4. The van der Waals surface area contributed by atoms with E-state index in [1.54, 1.807) is 12.1 Å². The number of nitrogens with one attached hydrogen (secondary N) is 1. The Morgan fingerprint density at radius 1 is 0.931 bits per heavy atom. The van der Waals surface area contributed by atoms with Gasteiger partial charge in [-0.15, -0.1) is 0 Å². The van der Waals surface area contributed by atoms with Crippen molar-refractivity contribution in [2.75, 3.05) is 19.0 Å². The van der Waals surface area contributed by atoms with Crippen LogP contribution in [0.1, 0.15) is 32.8 Å². The molecule has 1 heterocycles. The number of benzene rings is 2. The van der Waals surface area contributed by atoms with Crippen molar-refractivity contribution in [2.45, 2.75) is 33.3 Å². The van der Waals surface area contributed by atoms with E-state index in [9.17, 15) is 9.59 Å². The Balaban J connectivity index is 1.89. The Bertz CT molecular complexity index is 915. The maximum Gasteiger partial charge on any atom is 0.277 e. The Morgan fingerprint density at radius 3 is 2.14 bits per heavy atom. The molecule has 0 saturated heterocycles. The normalized spacial score (nSPS) is 14.0. The van der Waals surface area contributed by atoms with Gasteiger partial charge in [0.25, 0.3) is 11.8 Å². The smallest absolute Gasteiger partial charge is 0.277 e. The van der Waals surface area contributed by atoms with Crippen LogP contribution in [0.5, 0.6) is 11.5 Å². The standard InChI is InChI=1S/C23H26N2O4/c1-5-14-28-18-10-6-16(7-11-18)20-21(23(27)25(4)22(20)26)24-17-8-12-19(13-9-17)29-15(2)3/h6-13,15,24H,5,14H2,1-4H3. The van der Waals surface area contributed by atoms with E-state index in [1.807, 2.05) is 57.2 Å². The molecule has 1 aliphatic heterocycles. The number of hydrogen-bond acceptors (Lipinski definition) is 5. The molecule has 0 spiro atoms. The second-order valence-electron chi connectivity index (χ2n) is 7.11. The zero-order valence-corrected chi connectivity index (χ0v) is 17.2. The number of imide groups is 1. The zero-order valence-electron chi connectivity index (χ0n) is 17.2. The van der Waals surface area contributed by atoms with Crippen LogP contribution >= 0.6 is 0 Å². The SMILES string of the molecule is CCCOc1ccc(C2=C(Nc3ccc(OC(C)C)cc3)C(=O)N(C)C2=O)cc1. The highest BCUT2D eigenvalue weighted by Crippen LogP contribution is 2.31. The molecule has 0 atom stereocenters. The maximum absolute atomic E-state index is 12.7. The van der Waals surface area contributed by atoms with E-state index in [0.717, 1.165) is 22.8 Å². The van der Waals surface area contributed by atoms with Crippen molar-refractivity contribution in [3.05, 3.63) is 59.8 Å². The zero-order chi connectivity index (χ0) is 21.0. The summed E-state index contributed by atoms with van der Waals surface area (Å²) >= 11 is 0. The Morgan fingerprint density at radius 2 is 1.55 bits per heavy atom. The molecule has 2 aromatic carbocycles. The van der Waals surface area contributed by atoms with Gasteiger partial charge in [-0.2, -0.15) is 0 Å². The minimum absolute atomic E-state index is 0.0788. The predicted octanol–water partition coefficient (Wildman–Crippen LogP) is 4.08. The van der Waals surface area contributed by atoms with Gasteiger partial charge in [0.1, 0.15) is 17.2 Å². The summed E-state index contributed by atoms with van der Waals surface area (Å²) in [6.45, 7) is 6.59. The average Bonchev–Trinajstić information content (AvgIpc) is 2.92. The first-order valence-electron chi connectivity index (χ1n) is 9.74. The van der Waals surface area contributed by atoms with Crippen LogP contribution in [0.15, 0.2) is 54.2 Å². The van der Waals surface area contributed by atoms with Crippen molar-refractivity contribution in [1.29, 1.82) is 0 Å². The van der Waals surface area contributed by atoms with Crippen LogP contribution in [0.25, 0.3) is 5.57 Å². The lowest BCUT2D eigenvalue weighted by atomic mass is 10.0. The second-order valence-corrected chi connectivity index (χ2v) is 7.11. The molecule has 3 rings (SSSR count). The van der Waals surface area contributed by atoms with Crippen molar-refractivity contribution in [3.63, 3.8) is 0 Å². The van der Waals surface area contributed by atoms with Crippen LogP contribution in [0.3, 0.4) is 0 Å². The summed E-state index contributed by atoms with van der Waals surface area (Å²) in [5, 5.41) is 3.11. The van der Waals surface area contributed by atoms with E-state index in [2.05, 4.69) is 5.32 Å². The topological polar surface area (TPSA) is 67.9 Å². The van der Waals surface area contributed by atoms with Crippen LogP contribution in [0.4, 0.5) is 5.69 Å². The highest BCUT2D eigenvalue weighted by molar-refractivity contribution is 6.36. The van der Waals surface area contributed by atoms with Gasteiger partial charge in [-0.05, 0) is 62.2 Å². The van der Waals surface area contributed by atoms with Crippen LogP contribution in [0.2, 0.25) is 0 Å². The largest absolute Gasteiger partial charge is 0.494 e. The Kier molecular flexibility index (Phi) is 6.22. The fourth-order valence-corrected chi connectivity index (χ4v) is 3.00. The van der Waals surface area contributed by atoms with E-state index >= 15 is 0 Å². The number of nitrogens with zero attached hydrogens (tertiary/aromatic N) is 1. The van der Waals surface area contributed by atoms with Crippen molar-refractivity contribution in [3.8, 4) is 11.5 Å². The van der Waals surface area contributed by atoms with E-state index in [4.69, 9.17) is 9.47 Å². The lowest BCUT2D eigenvalue weighted by molar-refractivity contribution is -0.135. The number of hydrogen-bond donors (Lipinski definition) is 1. The van der Waals surface area contributed by atoms with Crippen LogP contribution in [-0.4, -0.2) is 36.5 Å². The third kappa shape index (κ3) is 4.59. The molecule has 0 aromatic heterocycles. The summed E-state index contributed by atoms with van der Waals surface area (Å²) in [7, 11) is 1.48. The van der Waals surface area contributed by atoms with Gasteiger partial charge in [0.2, 0.25) is 0 Å². The number of likely N-dealkylation sites (N-methyl/N-ethyl adjacent to an activating group) is 1. The van der Waals surface area contributed by atoms with Gasteiger partial charge in [-0.1, -0.05) is 19.1 Å². The summed E-state index contributed by atoms with van der Waals surface area (Å²) in [6.07, 6.45) is 0.995. The number of carbonyl (C=O) groups excluding carboxylic acids is 2. The summed E-state index contributed by atoms with van der Waals surface area (Å²) in [5.74, 6) is 0.781. The first-order valence-corrected chi connectivity index (χ1v) is 9.74. The molecule has 29 heavy (non-hydrogen) atoms. The van der Waals surface area contributed by atoms with Gasteiger partial charge < -0.3 is 14.8 Å². The second kappa shape index (κ2) is 8.82. The van der Waals surface area contributed by atoms with Crippen LogP contribution in [-0.2, 0) is 9.59 Å². The van der Waals surface area contributed by atoms with Gasteiger partial charge in [0.05, 0.1) is 18.3 Å².